The Morgan fingerprint density at radius 2 is 2.31 bits per heavy atom. The normalized spacial score (nSPS) is 11.9. The van der Waals surface area contributed by atoms with Crippen LogP contribution in [0.15, 0.2) is 12.4 Å². The number of sulfonamides is 1. The standard InChI is InChI=1S/C8H13N3O4S/c1-11(6-7-9-3-4-10-7)16(14,15)5-2-8(12)13/h3-4H,2,5-6H2,1H3,(H,9,10)(H,12,13). The number of aliphatic carboxylic acids is 1. The van der Waals surface area contributed by atoms with Gasteiger partial charge in [0, 0.05) is 19.4 Å². The average Bonchev–Trinajstić information content (AvgIpc) is 2.67. The number of imidazole rings is 1. The fourth-order valence-electron chi connectivity index (χ4n) is 1.07. The zero-order chi connectivity index (χ0) is 12.2. The van der Waals surface area contributed by atoms with Gasteiger partial charge in [-0.3, -0.25) is 4.79 Å². The number of carbonyl (C=O) groups is 1. The second kappa shape index (κ2) is 5.08. The van der Waals surface area contributed by atoms with Crippen molar-refractivity contribution in [3.05, 3.63) is 18.2 Å². The van der Waals surface area contributed by atoms with Gasteiger partial charge < -0.3 is 10.1 Å². The Hall–Kier alpha value is -1.41. The van der Waals surface area contributed by atoms with Crippen molar-refractivity contribution in [2.45, 2.75) is 13.0 Å². The van der Waals surface area contributed by atoms with Gasteiger partial charge in [0.05, 0.1) is 18.7 Å². The maximum absolute atomic E-state index is 11.6. The highest BCUT2D eigenvalue weighted by Crippen LogP contribution is 2.04. The summed E-state index contributed by atoms with van der Waals surface area (Å²) in [6.07, 6.45) is 2.71. The lowest BCUT2D eigenvalue weighted by Crippen LogP contribution is -2.30. The molecule has 0 unspecified atom stereocenters. The van der Waals surface area contributed by atoms with Crippen molar-refractivity contribution in [2.24, 2.45) is 0 Å². The molecule has 0 saturated carbocycles. The van der Waals surface area contributed by atoms with Crippen LogP contribution in [0.4, 0.5) is 0 Å². The Morgan fingerprint density at radius 1 is 1.62 bits per heavy atom. The van der Waals surface area contributed by atoms with Gasteiger partial charge >= 0.3 is 5.97 Å². The molecule has 1 rings (SSSR count). The average molecular weight is 247 g/mol. The molecule has 0 amide bonds. The third-order valence-corrected chi connectivity index (χ3v) is 3.77. The molecule has 1 heterocycles. The molecule has 8 heteroatoms. The maximum atomic E-state index is 11.6. The van der Waals surface area contributed by atoms with Crippen LogP contribution in [-0.4, -0.2) is 46.6 Å². The first-order valence-corrected chi connectivity index (χ1v) is 6.17. The van der Waals surface area contributed by atoms with Gasteiger partial charge in [-0.25, -0.2) is 13.4 Å². The topological polar surface area (TPSA) is 103 Å². The number of H-pyrrole nitrogens is 1. The minimum atomic E-state index is -3.54. The maximum Gasteiger partial charge on any atom is 0.304 e. The summed E-state index contributed by atoms with van der Waals surface area (Å²) >= 11 is 0. The number of hydrogen-bond donors (Lipinski definition) is 2. The number of hydrogen-bond acceptors (Lipinski definition) is 4. The number of nitrogens with one attached hydrogen (secondary N) is 1. The van der Waals surface area contributed by atoms with Gasteiger partial charge in [-0.1, -0.05) is 0 Å². The first kappa shape index (κ1) is 12.7. The number of carboxylic acids is 1. The van der Waals surface area contributed by atoms with Crippen LogP contribution in [-0.2, 0) is 21.4 Å². The second-order valence-electron chi connectivity index (χ2n) is 3.25. The van der Waals surface area contributed by atoms with Crippen LogP contribution in [0, 0.1) is 0 Å². The number of aromatic nitrogens is 2. The second-order valence-corrected chi connectivity index (χ2v) is 5.45. The molecule has 16 heavy (non-hydrogen) atoms. The van der Waals surface area contributed by atoms with Gasteiger partial charge in [-0.2, -0.15) is 4.31 Å². The van der Waals surface area contributed by atoms with E-state index in [1.165, 1.54) is 13.2 Å². The Bertz CT molecular complexity index is 440. The molecule has 0 aliphatic heterocycles. The molecule has 0 radical (unpaired) electrons. The summed E-state index contributed by atoms with van der Waals surface area (Å²) in [6, 6.07) is 0. The number of carboxylic acid groups (broad SMARTS) is 1. The molecule has 0 aliphatic carbocycles. The highest BCUT2D eigenvalue weighted by atomic mass is 32.2. The smallest absolute Gasteiger partial charge is 0.304 e. The van der Waals surface area contributed by atoms with Crippen molar-refractivity contribution in [3.63, 3.8) is 0 Å². The molecular weight excluding hydrogens is 234 g/mol. The Morgan fingerprint density at radius 3 is 2.81 bits per heavy atom. The molecular formula is C8H13N3O4S. The van der Waals surface area contributed by atoms with Crippen LogP contribution < -0.4 is 0 Å². The van der Waals surface area contributed by atoms with E-state index in [-0.39, 0.29) is 6.54 Å². The molecule has 0 spiro atoms. The summed E-state index contributed by atoms with van der Waals surface area (Å²) < 4.78 is 24.2. The molecule has 2 N–H and O–H groups in total. The summed E-state index contributed by atoms with van der Waals surface area (Å²) in [6.45, 7) is 0.106. The molecule has 0 atom stereocenters. The quantitative estimate of drug-likeness (QED) is 0.715. The zero-order valence-electron chi connectivity index (χ0n) is 8.75. The lowest BCUT2D eigenvalue weighted by molar-refractivity contribution is -0.136. The highest BCUT2D eigenvalue weighted by Gasteiger charge is 2.19. The van der Waals surface area contributed by atoms with E-state index in [2.05, 4.69) is 9.97 Å². The molecule has 0 aliphatic rings. The Labute approximate surface area is 93.2 Å². The first-order valence-electron chi connectivity index (χ1n) is 4.56. The fourth-order valence-corrected chi connectivity index (χ4v) is 2.13. The van der Waals surface area contributed by atoms with Gasteiger partial charge in [0.15, 0.2) is 0 Å². The van der Waals surface area contributed by atoms with E-state index in [4.69, 9.17) is 5.11 Å². The third-order valence-electron chi connectivity index (χ3n) is 1.98. The van der Waals surface area contributed by atoms with Crippen LogP contribution in [0.5, 0.6) is 0 Å². The van der Waals surface area contributed by atoms with E-state index in [9.17, 15) is 13.2 Å². The molecule has 0 fully saturated rings. The van der Waals surface area contributed by atoms with E-state index in [0.29, 0.717) is 5.82 Å². The molecule has 0 saturated heterocycles. The van der Waals surface area contributed by atoms with Gasteiger partial charge in [0.2, 0.25) is 10.0 Å². The van der Waals surface area contributed by atoms with Crippen molar-refractivity contribution >= 4 is 16.0 Å². The minimum absolute atomic E-state index is 0.106. The monoisotopic (exact) mass is 247 g/mol. The fraction of sp³-hybridized carbons (Fsp3) is 0.500. The number of nitrogens with zero attached hydrogens (tertiary/aromatic N) is 2. The van der Waals surface area contributed by atoms with Gasteiger partial charge in [0.1, 0.15) is 5.82 Å². The van der Waals surface area contributed by atoms with Crippen LogP contribution >= 0.6 is 0 Å². The van der Waals surface area contributed by atoms with Crippen molar-refractivity contribution < 1.29 is 18.3 Å². The molecule has 1 aromatic heterocycles. The lowest BCUT2D eigenvalue weighted by atomic mass is 10.5. The van der Waals surface area contributed by atoms with E-state index in [1.807, 2.05) is 0 Å². The summed E-state index contributed by atoms with van der Waals surface area (Å²) in [5.74, 6) is -1.02. The molecule has 0 aromatic carbocycles. The summed E-state index contributed by atoms with van der Waals surface area (Å²) in [7, 11) is -2.15. The highest BCUT2D eigenvalue weighted by molar-refractivity contribution is 7.89. The van der Waals surface area contributed by atoms with Crippen molar-refractivity contribution in [3.8, 4) is 0 Å². The van der Waals surface area contributed by atoms with Crippen LogP contribution in [0.1, 0.15) is 12.2 Å². The SMILES string of the molecule is CN(Cc1ncc[nH]1)S(=O)(=O)CCC(=O)O. The predicted octanol–water partition coefficient (Wildman–Crippen LogP) is -0.354. The van der Waals surface area contributed by atoms with E-state index >= 15 is 0 Å². The van der Waals surface area contributed by atoms with E-state index in [0.717, 1.165) is 4.31 Å². The molecule has 1 aromatic rings. The first-order chi connectivity index (χ1) is 7.42. The summed E-state index contributed by atoms with van der Waals surface area (Å²) in [5, 5.41) is 8.41. The summed E-state index contributed by atoms with van der Waals surface area (Å²) in [5.41, 5.74) is 0. The molecule has 90 valence electrons. The Balaban J connectivity index is 2.58. The number of aromatic amines is 1. The van der Waals surface area contributed by atoms with E-state index in [1.54, 1.807) is 6.20 Å². The minimum Gasteiger partial charge on any atom is -0.481 e. The number of rotatable bonds is 6. The van der Waals surface area contributed by atoms with Crippen molar-refractivity contribution in [2.75, 3.05) is 12.8 Å². The van der Waals surface area contributed by atoms with Gasteiger partial charge in [-0.05, 0) is 0 Å². The summed E-state index contributed by atoms with van der Waals surface area (Å²) in [4.78, 5) is 16.9. The van der Waals surface area contributed by atoms with Crippen LogP contribution in [0.3, 0.4) is 0 Å². The largest absolute Gasteiger partial charge is 0.481 e. The van der Waals surface area contributed by atoms with Crippen LogP contribution in [0.2, 0.25) is 0 Å². The third kappa shape index (κ3) is 3.63. The molecule has 0 bridgehead atoms. The van der Waals surface area contributed by atoms with Crippen molar-refractivity contribution in [1.82, 2.24) is 14.3 Å². The van der Waals surface area contributed by atoms with Crippen LogP contribution in [0.25, 0.3) is 0 Å². The molecule has 7 nitrogen and oxygen atoms in total. The lowest BCUT2D eigenvalue weighted by Gasteiger charge is -2.14. The Kier molecular flexibility index (Phi) is 4.02. The van der Waals surface area contributed by atoms with Gasteiger partial charge in [0.25, 0.3) is 0 Å². The van der Waals surface area contributed by atoms with E-state index < -0.39 is 28.2 Å². The van der Waals surface area contributed by atoms with Gasteiger partial charge in [-0.15, -0.1) is 0 Å². The zero-order valence-corrected chi connectivity index (χ0v) is 9.57. The predicted molar refractivity (Wildman–Crippen MR) is 56.1 cm³/mol. The van der Waals surface area contributed by atoms with Crippen molar-refractivity contribution in [1.29, 1.82) is 0 Å².